The molecule has 0 spiro atoms. The van der Waals surface area contributed by atoms with E-state index in [1.54, 1.807) is 37.6 Å². The van der Waals surface area contributed by atoms with Gasteiger partial charge in [-0.15, -0.1) is 0 Å². The lowest BCUT2D eigenvalue weighted by Gasteiger charge is -2.18. The minimum atomic E-state index is -0.420. The molecule has 1 atom stereocenters. The van der Waals surface area contributed by atoms with Crippen LogP contribution in [0.25, 0.3) is 0 Å². The van der Waals surface area contributed by atoms with Crippen molar-refractivity contribution in [3.8, 4) is 5.75 Å². The second-order valence-corrected chi connectivity index (χ2v) is 3.75. The zero-order valence-electron chi connectivity index (χ0n) is 9.93. The predicted octanol–water partition coefficient (Wildman–Crippen LogP) is 1.78. The summed E-state index contributed by atoms with van der Waals surface area (Å²) in [6.07, 6.45) is 1.64. The van der Waals surface area contributed by atoms with Crippen molar-refractivity contribution >= 4 is 0 Å². The van der Waals surface area contributed by atoms with Crippen LogP contribution in [-0.4, -0.2) is 12.1 Å². The number of pyridine rings is 1. The Labute approximate surface area is 105 Å². The van der Waals surface area contributed by atoms with Crippen LogP contribution < -0.4 is 16.0 Å². The third-order valence-corrected chi connectivity index (χ3v) is 2.64. The van der Waals surface area contributed by atoms with Crippen LogP contribution in [0.4, 0.5) is 4.39 Å². The van der Waals surface area contributed by atoms with Crippen molar-refractivity contribution in [2.75, 3.05) is 7.11 Å². The molecular weight excluding hydrogens is 233 g/mol. The van der Waals surface area contributed by atoms with Gasteiger partial charge in [0.25, 0.3) is 0 Å². The smallest absolute Gasteiger partial charge is 0.142 e. The van der Waals surface area contributed by atoms with Gasteiger partial charge in [-0.2, -0.15) is 0 Å². The van der Waals surface area contributed by atoms with Gasteiger partial charge in [-0.1, -0.05) is 12.1 Å². The number of nitrogens with zero attached hydrogens (tertiary/aromatic N) is 1. The van der Waals surface area contributed by atoms with Crippen molar-refractivity contribution in [2.45, 2.75) is 6.04 Å². The molecule has 0 radical (unpaired) electrons. The van der Waals surface area contributed by atoms with Crippen molar-refractivity contribution in [3.05, 3.63) is 59.7 Å². The van der Waals surface area contributed by atoms with Crippen molar-refractivity contribution in [1.82, 2.24) is 10.4 Å². The summed E-state index contributed by atoms with van der Waals surface area (Å²) in [7, 11) is 1.56. The van der Waals surface area contributed by atoms with E-state index in [1.807, 2.05) is 0 Å². The maximum absolute atomic E-state index is 13.2. The Morgan fingerprint density at radius 3 is 2.83 bits per heavy atom. The van der Waals surface area contributed by atoms with Crippen LogP contribution in [0.5, 0.6) is 5.75 Å². The monoisotopic (exact) mass is 247 g/mol. The van der Waals surface area contributed by atoms with Gasteiger partial charge in [0, 0.05) is 6.20 Å². The Kier molecular flexibility index (Phi) is 3.86. The molecule has 3 N–H and O–H groups in total. The molecule has 0 saturated carbocycles. The number of nitrogens with two attached hydrogens (primary N) is 1. The lowest BCUT2D eigenvalue weighted by Crippen LogP contribution is -2.29. The van der Waals surface area contributed by atoms with Gasteiger partial charge in [-0.25, -0.2) is 9.82 Å². The first-order chi connectivity index (χ1) is 8.76. The van der Waals surface area contributed by atoms with Crippen LogP contribution in [0.3, 0.4) is 0 Å². The number of hydrogen-bond donors (Lipinski definition) is 2. The molecule has 4 nitrogen and oxygen atoms in total. The average Bonchev–Trinajstić information content (AvgIpc) is 2.40. The fourth-order valence-corrected chi connectivity index (χ4v) is 1.81. The number of aromatic nitrogens is 1. The Bertz CT molecular complexity index is 533. The first kappa shape index (κ1) is 12.5. The topological polar surface area (TPSA) is 60.2 Å². The van der Waals surface area contributed by atoms with Crippen molar-refractivity contribution in [3.63, 3.8) is 0 Å². The van der Waals surface area contributed by atoms with Crippen LogP contribution in [0.2, 0.25) is 0 Å². The van der Waals surface area contributed by atoms with Gasteiger partial charge in [0.1, 0.15) is 17.3 Å². The minimum Gasteiger partial charge on any atom is -0.495 e. The number of methoxy groups -OCH3 is 1. The summed E-state index contributed by atoms with van der Waals surface area (Å²) < 4.78 is 18.5. The normalized spacial score (nSPS) is 12.2. The third kappa shape index (κ3) is 2.47. The molecule has 2 aromatic rings. The van der Waals surface area contributed by atoms with E-state index >= 15 is 0 Å². The summed E-state index contributed by atoms with van der Waals surface area (Å²) in [4.78, 5) is 4.24. The van der Waals surface area contributed by atoms with Crippen LogP contribution in [0.1, 0.15) is 17.3 Å². The Balaban J connectivity index is 2.45. The van der Waals surface area contributed by atoms with E-state index in [-0.39, 0.29) is 5.82 Å². The SMILES string of the molecule is COc1cccnc1C(NN)c1cccc(F)c1. The number of hydrogen-bond acceptors (Lipinski definition) is 4. The zero-order chi connectivity index (χ0) is 13.0. The van der Waals surface area contributed by atoms with Gasteiger partial charge in [-0.3, -0.25) is 10.8 Å². The van der Waals surface area contributed by atoms with Gasteiger partial charge in [0.15, 0.2) is 0 Å². The molecule has 1 unspecified atom stereocenters. The number of benzene rings is 1. The molecule has 5 heteroatoms. The van der Waals surface area contributed by atoms with E-state index in [4.69, 9.17) is 10.6 Å². The number of rotatable bonds is 4. The zero-order valence-corrected chi connectivity index (χ0v) is 9.93. The van der Waals surface area contributed by atoms with Gasteiger partial charge in [-0.05, 0) is 29.8 Å². The predicted molar refractivity (Wildman–Crippen MR) is 66.4 cm³/mol. The number of halogens is 1. The Morgan fingerprint density at radius 2 is 2.17 bits per heavy atom. The fraction of sp³-hybridized carbons (Fsp3) is 0.154. The van der Waals surface area contributed by atoms with Crippen LogP contribution in [-0.2, 0) is 0 Å². The largest absolute Gasteiger partial charge is 0.495 e. The summed E-state index contributed by atoms with van der Waals surface area (Å²) >= 11 is 0. The number of ether oxygens (including phenoxy) is 1. The first-order valence-corrected chi connectivity index (χ1v) is 5.46. The van der Waals surface area contributed by atoms with Gasteiger partial charge in [0.2, 0.25) is 0 Å². The summed E-state index contributed by atoms with van der Waals surface area (Å²) in [5.41, 5.74) is 3.94. The first-order valence-electron chi connectivity index (χ1n) is 5.46. The quantitative estimate of drug-likeness (QED) is 0.638. The Morgan fingerprint density at radius 1 is 1.33 bits per heavy atom. The highest BCUT2D eigenvalue weighted by Gasteiger charge is 2.18. The molecule has 94 valence electrons. The molecule has 0 saturated heterocycles. The lowest BCUT2D eigenvalue weighted by molar-refractivity contribution is 0.400. The highest BCUT2D eigenvalue weighted by atomic mass is 19.1. The molecule has 0 aliphatic rings. The molecule has 1 heterocycles. The maximum Gasteiger partial charge on any atom is 0.142 e. The molecule has 0 bridgehead atoms. The van der Waals surface area contributed by atoms with E-state index in [9.17, 15) is 4.39 Å². The fourth-order valence-electron chi connectivity index (χ4n) is 1.81. The van der Waals surface area contributed by atoms with Gasteiger partial charge in [0.05, 0.1) is 13.2 Å². The summed E-state index contributed by atoms with van der Waals surface area (Å²) in [5, 5.41) is 0. The van der Waals surface area contributed by atoms with Gasteiger partial charge < -0.3 is 4.74 Å². The molecular formula is C13H14FN3O. The molecule has 2 rings (SSSR count). The lowest BCUT2D eigenvalue weighted by atomic mass is 10.0. The molecule has 0 fully saturated rings. The van der Waals surface area contributed by atoms with Gasteiger partial charge >= 0.3 is 0 Å². The minimum absolute atomic E-state index is 0.317. The molecule has 1 aromatic carbocycles. The second kappa shape index (κ2) is 5.57. The molecule has 1 aromatic heterocycles. The molecule has 0 aliphatic heterocycles. The highest BCUT2D eigenvalue weighted by Crippen LogP contribution is 2.27. The second-order valence-electron chi connectivity index (χ2n) is 3.75. The number of hydrazine groups is 1. The average molecular weight is 247 g/mol. The van der Waals surface area contributed by atoms with E-state index in [0.29, 0.717) is 17.0 Å². The standard InChI is InChI=1S/C13H14FN3O/c1-18-11-6-3-7-16-13(11)12(17-15)9-4-2-5-10(14)8-9/h2-8,12,17H,15H2,1H3. The van der Waals surface area contributed by atoms with E-state index < -0.39 is 6.04 Å². The van der Waals surface area contributed by atoms with Crippen LogP contribution in [0.15, 0.2) is 42.6 Å². The maximum atomic E-state index is 13.2. The molecule has 18 heavy (non-hydrogen) atoms. The van der Waals surface area contributed by atoms with Crippen LogP contribution >= 0.6 is 0 Å². The Hall–Kier alpha value is -1.98. The van der Waals surface area contributed by atoms with Crippen LogP contribution in [0, 0.1) is 5.82 Å². The summed E-state index contributed by atoms with van der Waals surface area (Å²) in [6, 6.07) is 9.34. The third-order valence-electron chi connectivity index (χ3n) is 2.64. The number of nitrogens with one attached hydrogen (secondary N) is 1. The summed E-state index contributed by atoms with van der Waals surface area (Å²) in [6.45, 7) is 0. The van der Waals surface area contributed by atoms with E-state index in [1.165, 1.54) is 12.1 Å². The highest BCUT2D eigenvalue weighted by molar-refractivity contribution is 5.36. The molecule has 0 aliphatic carbocycles. The van der Waals surface area contributed by atoms with Crippen molar-refractivity contribution < 1.29 is 9.13 Å². The van der Waals surface area contributed by atoms with E-state index in [0.717, 1.165) is 0 Å². The summed E-state index contributed by atoms with van der Waals surface area (Å²) in [5.74, 6) is 5.83. The van der Waals surface area contributed by atoms with Crippen molar-refractivity contribution in [1.29, 1.82) is 0 Å². The molecule has 0 amide bonds. The van der Waals surface area contributed by atoms with Crippen molar-refractivity contribution in [2.24, 2.45) is 5.84 Å². The van der Waals surface area contributed by atoms with E-state index in [2.05, 4.69) is 10.4 Å².